The van der Waals surface area contributed by atoms with Gasteiger partial charge in [0.15, 0.2) is 7.28 Å². The minimum atomic E-state index is -0.851. The molecular weight excluding hydrogens is 551 g/mol. The fraction of sp³-hybridized carbons (Fsp3) is 0.469. The van der Waals surface area contributed by atoms with Crippen LogP contribution >= 0.6 is 0 Å². The number of hydrogen-bond donors (Lipinski definition) is 1. The van der Waals surface area contributed by atoms with Gasteiger partial charge in [0.25, 0.3) is 0 Å². The summed E-state index contributed by atoms with van der Waals surface area (Å²) >= 11 is 0. The van der Waals surface area contributed by atoms with Crippen molar-refractivity contribution in [2.75, 3.05) is 19.7 Å². The molecule has 1 unspecified atom stereocenters. The summed E-state index contributed by atoms with van der Waals surface area (Å²) in [6.07, 6.45) is 6.42. The normalized spacial score (nSPS) is 16.2. The third kappa shape index (κ3) is 6.38. The van der Waals surface area contributed by atoms with Crippen molar-refractivity contribution in [3.63, 3.8) is 0 Å². The second-order valence-electron chi connectivity index (χ2n) is 12.8. The van der Waals surface area contributed by atoms with Gasteiger partial charge in [0.2, 0.25) is 5.91 Å². The molecule has 0 saturated carbocycles. The second-order valence-corrected chi connectivity index (χ2v) is 12.8. The molecule has 11 heteroatoms. The van der Waals surface area contributed by atoms with E-state index in [0.717, 1.165) is 17.3 Å². The van der Waals surface area contributed by atoms with Gasteiger partial charge in [-0.15, -0.1) is 0 Å². The Morgan fingerprint density at radius 3 is 2.58 bits per heavy atom. The number of halogens is 2. The standard InChI is InChI=1S/C32H40BF2N5O3/c1-7-28(41)38-10-11-43-23(18-38)15-26-30(37-27-12-20(2)8-9-39(26)27)29-24(34)13-22(14-25(29)35)40-17-21(16-36-40)33-19-31(3,4)32(5,6)42/h8-9,12-14,16-17,23,33,42H,7,10-11,15,18-19H2,1-6H3. The summed E-state index contributed by atoms with van der Waals surface area (Å²) in [5.41, 5.74) is 2.16. The van der Waals surface area contributed by atoms with Crippen molar-refractivity contribution in [1.82, 2.24) is 24.1 Å². The number of aliphatic hydroxyl groups is 1. The molecule has 4 heterocycles. The van der Waals surface area contributed by atoms with Gasteiger partial charge in [0.05, 0.1) is 41.0 Å². The summed E-state index contributed by atoms with van der Waals surface area (Å²) < 4.78 is 41.0. The SMILES string of the molecule is CCC(=O)N1CCOC(Cc2c(-c3c(F)cc(-n4cc(BCC(C)(C)C(C)(C)O)cn4)cc3F)nc3cc(C)ccn23)C1. The Morgan fingerprint density at radius 2 is 1.91 bits per heavy atom. The summed E-state index contributed by atoms with van der Waals surface area (Å²) in [4.78, 5) is 18.8. The van der Waals surface area contributed by atoms with Crippen LogP contribution in [0.2, 0.25) is 6.32 Å². The number of benzene rings is 1. The number of carbonyl (C=O) groups excluding carboxylic acids is 1. The molecule has 0 bridgehead atoms. The van der Waals surface area contributed by atoms with E-state index in [9.17, 15) is 9.90 Å². The number of hydrogen-bond acceptors (Lipinski definition) is 5. The maximum Gasteiger partial charge on any atom is 0.222 e. The maximum absolute atomic E-state index is 15.9. The Labute approximate surface area is 251 Å². The summed E-state index contributed by atoms with van der Waals surface area (Å²) in [7, 11) is 0.661. The van der Waals surface area contributed by atoms with E-state index in [2.05, 4.69) is 10.1 Å². The highest BCUT2D eigenvalue weighted by atomic mass is 19.1. The largest absolute Gasteiger partial charge is 0.390 e. The lowest BCUT2D eigenvalue weighted by atomic mass is 9.56. The number of imidazole rings is 1. The lowest BCUT2D eigenvalue weighted by Gasteiger charge is -2.37. The van der Waals surface area contributed by atoms with Gasteiger partial charge in [-0.05, 0) is 49.3 Å². The van der Waals surface area contributed by atoms with Crippen molar-refractivity contribution < 1.29 is 23.4 Å². The summed E-state index contributed by atoms with van der Waals surface area (Å²) in [6.45, 7) is 12.7. The minimum Gasteiger partial charge on any atom is -0.390 e. The molecule has 1 saturated heterocycles. The lowest BCUT2D eigenvalue weighted by Crippen LogP contribution is -2.46. The van der Waals surface area contributed by atoms with E-state index in [1.807, 2.05) is 50.4 Å². The Kier molecular flexibility index (Phi) is 8.51. The van der Waals surface area contributed by atoms with Crippen LogP contribution in [-0.2, 0) is 16.0 Å². The van der Waals surface area contributed by atoms with E-state index in [1.54, 1.807) is 31.1 Å². The van der Waals surface area contributed by atoms with Gasteiger partial charge in [-0.2, -0.15) is 5.10 Å². The van der Waals surface area contributed by atoms with Crippen molar-refractivity contribution >= 4 is 24.3 Å². The molecule has 0 aliphatic carbocycles. The first-order chi connectivity index (χ1) is 20.3. The number of pyridine rings is 1. The van der Waals surface area contributed by atoms with E-state index >= 15 is 8.78 Å². The van der Waals surface area contributed by atoms with E-state index < -0.39 is 17.2 Å². The van der Waals surface area contributed by atoms with Crippen LogP contribution in [0.15, 0.2) is 42.9 Å². The summed E-state index contributed by atoms with van der Waals surface area (Å²) in [5, 5.41) is 14.8. The second kappa shape index (κ2) is 11.8. The molecule has 1 atom stereocenters. The third-order valence-corrected chi connectivity index (χ3v) is 8.95. The first kappa shape index (κ1) is 30.9. The van der Waals surface area contributed by atoms with E-state index in [-0.39, 0.29) is 34.4 Å². The van der Waals surface area contributed by atoms with Crippen molar-refractivity contribution in [2.24, 2.45) is 5.41 Å². The molecule has 3 aromatic heterocycles. The van der Waals surface area contributed by atoms with Crippen molar-refractivity contribution in [2.45, 2.75) is 72.4 Å². The lowest BCUT2D eigenvalue weighted by molar-refractivity contribution is -0.138. The number of amides is 1. The smallest absolute Gasteiger partial charge is 0.222 e. The Hall–Kier alpha value is -3.57. The highest BCUT2D eigenvalue weighted by molar-refractivity contribution is 6.53. The fourth-order valence-electron chi connectivity index (χ4n) is 5.41. The predicted octanol–water partition coefficient (Wildman–Crippen LogP) is 4.23. The van der Waals surface area contributed by atoms with E-state index in [1.165, 1.54) is 16.8 Å². The number of fused-ring (bicyclic) bond motifs is 1. The molecule has 1 aliphatic heterocycles. The summed E-state index contributed by atoms with van der Waals surface area (Å²) in [6, 6.07) is 6.34. The molecule has 8 nitrogen and oxygen atoms in total. The van der Waals surface area contributed by atoms with Gasteiger partial charge >= 0.3 is 0 Å². The molecule has 4 aromatic rings. The Bertz CT molecular complexity index is 1620. The highest BCUT2D eigenvalue weighted by Gasteiger charge is 2.34. The zero-order valence-electron chi connectivity index (χ0n) is 25.8. The number of morpholine rings is 1. The monoisotopic (exact) mass is 591 g/mol. The Balaban J connectivity index is 1.46. The van der Waals surface area contributed by atoms with Gasteiger partial charge in [-0.1, -0.05) is 27.1 Å². The van der Waals surface area contributed by atoms with Crippen molar-refractivity contribution in [3.05, 3.63) is 65.7 Å². The molecule has 5 rings (SSSR count). The zero-order valence-corrected chi connectivity index (χ0v) is 25.8. The van der Waals surface area contributed by atoms with Crippen LogP contribution in [0.4, 0.5) is 8.78 Å². The number of carbonyl (C=O) groups is 1. The molecule has 228 valence electrons. The Morgan fingerprint density at radius 1 is 1.19 bits per heavy atom. The quantitative estimate of drug-likeness (QED) is 0.295. The molecule has 0 spiro atoms. The molecule has 1 N–H and O–H groups in total. The van der Waals surface area contributed by atoms with Crippen LogP contribution < -0.4 is 5.46 Å². The van der Waals surface area contributed by atoms with Gasteiger partial charge < -0.3 is 19.1 Å². The van der Waals surface area contributed by atoms with E-state index in [4.69, 9.17) is 4.74 Å². The fourth-order valence-corrected chi connectivity index (χ4v) is 5.41. The average Bonchev–Trinajstić information content (AvgIpc) is 3.55. The van der Waals surface area contributed by atoms with Gasteiger partial charge in [0, 0.05) is 56.7 Å². The maximum atomic E-state index is 15.9. The number of aromatic nitrogens is 4. The van der Waals surface area contributed by atoms with Crippen LogP contribution in [0.5, 0.6) is 0 Å². The van der Waals surface area contributed by atoms with Crippen LogP contribution in [0.1, 0.15) is 52.3 Å². The summed E-state index contributed by atoms with van der Waals surface area (Å²) in [5.74, 6) is -1.44. The van der Waals surface area contributed by atoms with E-state index in [0.29, 0.717) is 51.2 Å². The molecule has 1 amide bonds. The molecule has 43 heavy (non-hydrogen) atoms. The van der Waals surface area contributed by atoms with Gasteiger partial charge in [-0.3, -0.25) is 4.79 Å². The highest BCUT2D eigenvalue weighted by Crippen LogP contribution is 2.34. The van der Waals surface area contributed by atoms with Crippen LogP contribution in [0, 0.1) is 24.0 Å². The molecule has 0 radical (unpaired) electrons. The number of nitrogens with zero attached hydrogens (tertiary/aromatic N) is 5. The van der Waals surface area contributed by atoms with Gasteiger partial charge in [0.1, 0.15) is 17.3 Å². The average molecular weight is 592 g/mol. The molecule has 1 aliphatic rings. The number of ether oxygens (including phenoxy) is 1. The van der Waals surface area contributed by atoms with Crippen LogP contribution in [0.3, 0.4) is 0 Å². The molecule has 1 aromatic carbocycles. The first-order valence-electron chi connectivity index (χ1n) is 14.9. The number of rotatable bonds is 9. The third-order valence-electron chi connectivity index (χ3n) is 8.95. The van der Waals surface area contributed by atoms with Crippen LogP contribution in [0.25, 0.3) is 22.6 Å². The van der Waals surface area contributed by atoms with Gasteiger partial charge in [-0.25, -0.2) is 18.4 Å². The predicted molar refractivity (Wildman–Crippen MR) is 164 cm³/mol. The van der Waals surface area contributed by atoms with Crippen molar-refractivity contribution in [1.29, 1.82) is 0 Å². The zero-order chi connectivity index (χ0) is 31.1. The first-order valence-corrected chi connectivity index (χ1v) is 14.9. The van der Waals surface area contributed by atoms with Crippen LogP contribution in [-0.4, -0.2) is 73.8 Å². The number of aryl methyl sites for hydroxylation is 1. The molecule has 1 fully saturated rings. The molecular formula is C32H40BF2N5O3. The van der Waals surface area contributed by atoms with Crippen molar-refractivity contribution in [3.8, 4) is 16.9 Å². The minimum absolute atomic E-state index is 0.0534. The topological polar surface area (TPSA) is 84.9 Å².